The van der Waals surface area contributed by atoms with E-state index < -0.39 is 15.8 Å². The molecule has 0 aliphatic heterocycles. The molecule has 0 saturated heterocycles. The molecule has 0 N–H and O–H groups in total. The summed E-state index contributed by atoms with van der Waals surface area (Å²) in [6.07, 6.45) is 2.35. The zero-order valence-corrected chi connectivity index (χ0v) is 23.2. The van der Waals surface area contributed by atoms with Crippen LogP contribution >= 0.6 is 15.8 Å². The van der Waals surface area contributed by atoms with Gasteiger partial charge in [0.25, 0.3) is 0 Å². The Morgan fingerprint density at radius 1 is 0.517 bits per heavy atom. The molecule has 0 atom stereocenters. The van der Waals surface area contributed by atoms with E-state index in [9.17, 15) is 0 Å². The number of benzene rings is 2. The normalized spacial score (nSPS) is 11.9. The van der Waals surface area contributed by atoms with Crippen molar-refractivity contribution in [1.82, 2.24) is 0 Å². The van der Waals surface area contributed by atoms with Gasteiger partial charge in [-0.05, 0) is 91.5 Å². The summed E-state index contributed by atoms with van der Waals surface area (Å²) in [4.78, 5) is 0. The van der Waals surface area contributed by atoms with Crippen LogP contribution in [0.5, 0.6) is 0 Å². The molecule has 164 valence electrons. The minimum absolute atomic E-state index is 0. The zero-order chi connectivity index (χ0) is 20.8. The minimum Gasteiger partial charge on any atom is -0.0617 e. The van der Waals surface area contributed by atoms with E-state index >= 15 is 0 Å². The Hall–Kier alpha value is -0.0377. The first-order chi connectivity index (χ1) is 13.2. The fraction of sp³-hybridized carbons (Fsp3) is 0.538. The Morgan fingerprint density at radius 3 is 1.07 bits per heavy atom. The Morgan fingerprint density at radius 2 is 0.793 bits per heavy atom. The van der Waals surface area contributed by atoms with E-state index in [1.807, 2.05) is 0 Å². The SMILES string of the molecule is CC(C)[PH+](c1ccccc1CCc1ccccc1[PH+](C(C)C)C(C)C)C(C)C.[Pd]. The van der Waals surface area contributed by atoms with Crippen LogP contribution < -0.4 is 10.6 Å². The van der Waals surface area contributed by atoms with E-state index in [0.29, 0.717) is 0 Å². The summed E-state index contributed by atoms with van der Waals surface area (Å²) in [5, 5.41) is 3.35. The van der Waals surface area contributed by atoms with Gasteiger partial charge >= 0.3 is 0 Å². The third kappa shape index (κ3) is 7.26. The third-order valence-corrected chi connectivity index (χ3v) is 13.0. The molecule has 0 heterocycles. The molecule has 0 saturated carbocycles. The number of hydrogen-bond acceptors (Lipinski definition) is 0. The van der Waals surface area contributed by atoms with Crippen molar-refractivity contribution in [2.24, 2.45) is 0 Å². The number of aryl methyl sites for hydroxylation is 2. The van der Waals surface area contributed by atoms with E-state index in [4.69, 9.17) is 0 Å². The Kier molecular flexibility index (Phi) is 11.8. The molecule has 0 aliphatic carbocycles. The second-order valence-electron chi connectivity index (χ2n) is 9.34. The first-order valence-corrected chi connectivity index (χ1v) is 14.4. The molecule has 0 aliphatic rings. The molecule has 2 aromatic carbocycles. The van der Waals surface area contributed by atoms with E-state index in [2.05, 4.69) is 104 Å². The molecule has 0 unspecified atom stereocenters. The van der Waals surface area contributed by atoms with Crippen LogP contribution in [0.3, 0.4) is 0 Å². The number of rotatable bonds is 9. The molecule has 0 amide bonds. The van der Waals surface area contributed by atoms with Gasteiger partial charge in [0.05, 0.1) is 33.2 Å². The van der Waals surface area contributed by atoms with Crippen molar-refractivity contribution in [2.75, 3.05) is 0 Å². The van der Waals surface area contributed by atoms with Gasteiger partial charge in [-0.2, -0.15) is 0 Å². The van der Waals surface area contributed by atoms with Crippen molar-refractivity contribution in [3.05, 3.63) is 59.7 Å². The van der Waals surface area contributed by atoms with Gasteiger partial charge < -0.3 is 0 Å². The van der Waals surface area contributed by atoms with E-state index in [-0.39, 0.29) is 20.4 Å². The van der Waals surface area contributed by atoms with Gasteiger partial charge in [0.15, 0.2) is 0 Å². The van der Waals surface area contributed by atoms with Crippen molar-refractivity contribution in [3.8, 4) is 0 Å². The maximum absolute atomic E-state index is 2.42. The van der Waals surface area contributed by atoms with Crippen LogP contribution in [0.2, 0.25) is 0 Å². The molecule has 0 spiro atoms. The number of hydrogen-bond donors (Lipinski definition) is 0. The fourth-order valence-electron chi connectivity index (χ4n) is 4.89. The van der Waals surface area contributed by atoms with Crippen LogP contribution in [0.1, 0.15) is 66.5 Å². The summed E-state index contributed by atoms with van der Waals surface area (Å²) in [6, 6.07) is 18.6. The molecule has 2 aromatic rings. The molecule has 0 radical (unpaired) electrons. The maximum atomic E-state index is 2.42. The van der Waals surface area contributed by atoms with Gasteiger partial charge in [-0.3, -0.25) is 0 Å². The third-order valence-electron chi connectivity index (χ3n) is 5.81. The van der Waals surface area contributed by atoms with Crippen molar-refractivity contribution in [2.45, 2.75) is 90.9 Å². The van der Waals surface area contributed by atoms with Gasteiger partial charge in [0, 0.05) is 36.3 Å². The predicted molar refractivity (Wildman–Crippen MR) is 137 cm³/mol. The van der Waals surface area contributed by atoms with Crippen LogP contribution in [-0.2, 0) is 33.3 Å². The zero-order valence-electron chi connectivity index (χ0n) is 19.7. The molecule has 29 heavy (non-hydrogen) atoms. The van der Waals surface area contributed by atoms with Crippen LogP contribution in [-0.4, -0.2) is 22.6 Å². The first kappa shape index (κ1) is 27.0. The smallest absolute Gasteiger partial charge is 0.0617 e. The molecule has 2 rings (SSSR count). The second-order valence-corrected chi connectivity index (χ2v) is 16.9. The summed E-state index contributed by atoms with van der Waals surface area (Å²) in [5.41, 5.74) is 6.28. The fourth-order valence-corrected chi connectivity index (χ4v) is 11.8. The maximum Gasteiger partial charge on any atom is 0.0951 e. The van der Waals surface area contributed by atoms with Crippen molar-refractivity contribution in [1.29, 1.82) is 0 Å². The summed E-state index contributed by atoms with van der Waals surface area (Å²) < 4.78 is 0. The molecule has 0 aromatic heterocycles. The minimum atomic E-state index is -0.536. The van der Waals surface area contributed by atoms with Gasteiger partial charge in [0.1, 0.15) is 0 Å². The molecular formula is C26H42P2Pd+2. The topological polar surface area (TPSA) is 0 Å². The average molecular weight is 523 g/mol. The molecule has 3 heteroatoms. The summed E-state index contributed by atoms with van der Waals surface area (Å²) >= 11 is 0. The van der Waals surface area contributed by atoms with E-state index in [0.717, 1.165) is 22.6 Å². The Balaban J connectivity index is 0.00000420. The van der Waals surface area contributed by atoms with Gasteiger partial charge in [-0.15, -0.1) is 0 Å². The summed E-state index contributed by atoms with van der Waals surface area (Å²) in [7, 11) is -1.07. The average Bonchev–Trinajstić information content (AvgIpc) is 2.61. The van der Waals surface area contributed by atoms with E-state index in [1.54, 1.807) is 21.7 Å². The molecule has 0 nitrogen and oxygen atoms in total. The molecular weight excluding hydrogens is 481 g/mol. The Labute approximate surface area is 196 Å². The summed E-state index contributed by atoms with van der Waals surface area (Å²) in [6.45, 7) is 19.3. The Bertz CT molecular complexity index is 657. The largest absolute Gasteiger partial charge is 0.0951 e. The standard InChI is InChI=1S/C26H40P2.Pd/c1-19(2)27(20(3)4)25-15-11-9-13-23(25)17-18-24-14-10-12-16-26(24)28(21(5)6)22(7)8;/h9-16,19-22H,17-18H2,1-8H3;/p+2. The predicted octanol–water partition coefficient (Wildman–Crippen LogP) is 6.78. The van der Waals surface area contributed by atoms with E-state index in [1.165, 1.54) is 12.8 Å². The van der Waals surface area contributed by atoms with Crippen molar-refractivity contribution >= 4 is 26.5 Å². The van der Waals surface area contributed by atoms with Crippen LogP contribution in [0, 0.1) is 0 Å². The summed E-state index contributed by atoms with van der Waals surface area (Å²) in [5.74, 6) is 0. The first-order valence-electron chi connectivity index (χ1n) is 11.1. The monoisotopic (exact) mass is 522 g/mol. The van der Waals surface area contributed by atoms with Gasteiger partial charge in [0.2, 0.25) is 0 Å². The van der Waals surface area contributed by atoms with Gasteiger partial charge in [-0.1, -0.05) is 36.4 Å². The van der Waals surface area contributed by atoms with Crippen LogP contribution in [0.25, 0.3) is 0 Å². The quantitative estimate of drug-likeness (QED) is 0.251. The second kappa shape index (κ2) is 12.7. The molecule has 0 bridgehead atoms. The van der Waals surface area contributed by atoms with Crippen LogP contribution in [0.4, 0.5) is 0 Å². The molecule has 0 fully saturated rings. The van der Waals surface area contributed by atoms with Crippen molar-refractivity contribution in [3.63, 3.8) is 0 Å². The van der Waals surface area contributed by atoms with Crippen LogP contribution in [0.15, 0.2) is 48.5 Å². The van der Waals surface area contributed by atoms with Gasteiger partial charge in [-0.25, -0.2) is 0 Å². The van der Waals surface area contributed by atoms with Crippen molar-refractivity contribution < 1.29 is 20.4 Å².